The summed E-state index contributed by atoms with van der Waals surface area (Å²) in [6.07, 6.45) is 1.06. The quantitative estimate of drug-likeness (QED) is 0.918. The van der Waals surface area contributed by atoms with Crippen molar-refractivity contribution in [1.29, 1.82) is 0 Å². The third-order valence-corrected chi connectivity index (χ3v) is 3.52. The monoisotopic (exact) mass is 299 g/mol. The predicted molar refractivity (Wildman–Crippen MR) is 79.3 cm³/mol. The fraction of sp³-hybridized carbons (Fsp3) is 0.769. The SMILES string of the molecule is CC(C)Oc1nc(Cl)nc(NC2CCN(C)CC2C)n1. The second-order valence-corrected chi connectivity index (χ2v) is 5.99. The molecule has 2 unspecified atom stereocenters. The first-order chi connectivity index (χ1) is 9.44. The highest BCUT2D eigenvalue weighted by atomic mass is 35.5. The molecule has 0 aliphatic carbocycles. The van der Waals surface area contributed by atoms with Gasteiger partial charge in [-0.25, -0.2) is 0 Å². The van der Waals surface area contributed by atoms with E-state index in [1.165, 1.54) is 0 Å². The van der Waals surface area contributed by atoms with Crippen LogP contribution in [0.2, 0.25) is 5.28 Å². The summed E-state index contributed by atoms with van der Waals surface area (Å²) in [4.78, 5) is 14.7. The second-order valence-electron chi connectivity index (χ2n) is 5.66. The van der Waals surface area contributed by atoms with Crippen LogP contribution in [-0.2, 0) is 0 Å². The summed E-state index contributed by atoms with van der Waals surface area (Å²) in [6, 6.07) is 0.611. The second kappa shape index (κ2) is 6.54. The standard InChI is InChI=1S/C13H22ClN5O/c1-8(2)20-13-17-11(14)16-12(18-13)15-10-5-6-19(4)7-9(10)3/h8-10H,5-7H2,1-4H3,(H,15,16,17,18). The minimum absolute atomic E-state index is 0.00331. The molecule has 0 radical (unpaired) electrons. The molecule has 2 atom stereocenters. The van der Waals surface area contributed by atoms with E-state index >= 15 is 0 Å². The molecular formula is C13H22ClN5O. The van der Waals surface area contributed by atoms with E-state index in [0.29, 0.717) is 17.9 Å². The van der Waals surface area contributed by atoms with Crippen molar-refractivity contribution < 1.29 is 4.74 Å². The van der Waals surface area contributed by atoms with E-state index in [4.69, 9.17) is 16.3 Å². The van der Waals surface area contributed by atoms with Crippen LogP contribution in [0.1, 0.15) is 27.2 Å². The van der Waals surface area contributed by atoms with Gasteiger partial charge in [-0.3, -0.25) is 0 Å². The number of hydrogen-bond donors (Lipinski definition) is 1. The number of hydrogen-bond acceptors (Lipinski definition) is 6. The molecule has 1 aromatic heterocycles. The van der Waals surface area contributed by atoms with Crippen molar-refractivity contribution in [1.82, 2.24) is 19.9 Å². The third-order valence-electron chi connectivity index (χ3n) is 3.35. The van der Waals surface area contributed by atoms with Crippen LogP contribution in [0.4, 0.5) is 5.95 Å². The first-order valence-electron chi connectivity index (χ1n) is 6.97. The Morgan fingerprint density at radius 1 is 1.35 bits per heavy atom. The van der Waals surface area contributed by atoms with Crippen molar-refractivity contribution in [2.75, 3.05) is 25.5 Å². The Hall–Kier alpha value is -1.14. The number of ether oxygens (including phenoxy) is 1. The number of piperidine rings is 1. The van der Waals surface area contributed by atoms with Gasteiger partial charge in [0.05, 0.1) is 6.10 Å². The Balaban J connectivity index is 2.07. The molecule has 1 aliphatic heterocycles. The summed E-state index contributed by atoms with van der Waals surface area (Å²) in [5.41, 5.74) is 0. The van der Waals surface area contributed by atoms with Gasteiger partial charge in [0.1, 0.15) is 0 Å². The molecule has 20 heavy (non-hydrogen) atoms. The van der Waals surface area contributed by atoms with E-state index in [1.807, 2.05) is 13.8 Å². The first kappa shape index (κ1) is 15.3. The summed E-state index contributed by atoms with van der Waals surface area (Å²) < 4.78 is 5.47. The smallest absolute Gasteiger partial charge is 0.322 e. The molecule has 1 fully saturated rings. The molecule has 0 spiro atoms. The van der Waals surface area contributed by atoms with Crippen molar-refractivity contribution >= 4 is 17.5 Å². The molecular weight excluding hydrogens is 278 g/mol. The molecule has 0 aromatic carbocycles. The Morgan fingerprint density at radius 2 is 2.10 bits per heavy atom. The van der Waals surface area contributed by atoms with E-state index in [0.717, 1.165) is 19.5 Å². The van der Waals surface area contributed by atoms with E-state index in [1.54, 1.807) is 0 Å². The highest BCUT2D eigenvalue weighted by Crippen LogP contribution is 2.20. The van der Waals surface area contributed by atoms with Crippen LogP contribution in [0.25, 0.3) is 0 Å². The fourth-order valence-electron chi connectivity index (χ4n) is 2.39. The summed E-state index contributed by atoms with van der Waals surface area (Å²) in [5.74, 6) is 1.01. The van der Waals surface area contributed by atoms with Gasteiger partial charge in [-0.05, 0) is 51.4 Å². The summed E-state index contributed by atoms with van der Waals surface area (Å²) in [6.45, 7) is 8.19. The van der Waals surface area contributed by atoms with E-state index in [9.17, 15) is 0 Å². The number of nitrogens with one attached hydrogen (secondary N) is 1. The first-order valence-corrected chi connectivity index (χ1v) is 7.35. The van der Waals surface area contributed by atoms with Gasteiger partial charge < -0.3 is 15.0 Å². The van der Waals surface area contributed by atoms with Crippen LogP contribution in [0.5, 0.6) is 6.01 Å². The normalized spacial score (nSPS) is 23.9. The van der Waals surface area contributed by atoms with Crippen LogP contribution in [0, 0.1) is 5.92 Å². The summed E-state index contributed by atoms with van der Waals surface area (Å²) >= 11 is 5.92. The maximum atomic E-state index is 5.92. The van der Waals surface area contributed by atoms with Crippen molar-refractivity contribution in [3.63, 3.8) is 0 Å². The molecule has 0 amide bonds. The van der Waals surface area contributed by atoms with Crippen LogP contribution in [0.3, 0.4) is 0 Å². The lowest BCUT2D eigenvalue weighted by atomic mass is 9.94. The van der Waals surface area contributed by atoms with Crippen molar-refractivity contribution in [3.8, 4) is 6.01 Å². The molecule has 7 heteroatoms. The van der Waals surface area contributed by atoms with Gasteiger partial charge in [-0.2, -0.15) is 15.0 Å². The lowest BCUT2D eigenvalue weighted by Crippen LogP contribution is -2.43. The minimum atomic E-state index is 0.00331. The molecule has 0 bridgehead atoms. The topological polar surface area (TPSA) is 63.2 Å². The molecule has 2 heterocycles. The molecule has 2 rings (SSSR count). The maximum Gasteiger partial charge on any atom is 0.322 e. The van der Waals surface area contributed by atoms with Gasteiger partial charge in [0.25, 0.3) is 0 Å². The van der Waals surface area contributed by atoms with E-state index in [2.05, 4.69) is 39.1 Å². The Bertz CT molecular complexity index is 456. The van der Waals surface area contributed by atoms with Crippen LogP contribution in [-0.4, -0.2) is 52.1 Å². The van der Waals surface area contributed by atoms with E-state index < -0.39 is 0 Å². The average molecular weight is 300 g/mol. The van der Waals surface area contributed by atoms with Crippen molar-refractivity contribution in [3.05, 3.63) is 5.28 Å². The zero-order chi connectivity index (χ0) is 14.7. The molecule has 1 aliphatic rings. The zero-order valence-corrected chi connectivity index (χ0v) is 13.2. The Kier molecular flexibility index (Phi) is 4.99. The van der Waals surface area contributed by atoms with Gasteiger partial charge in [0.15, 0.2) is 0 Å². The zero-order valence-electron chi connectivity index (χ0n) is 12.4. The van der Waals surface area contributed by atoms with Gasteiger partial charge in [0, 0.05) is 12.6 Å². The lowest BCUT2D eigenvalue weighted by Gasteiger charge is -2.35. The van der Waals surface area contributed by atoms with Crippen LogP contribution in [0.15, 0.2) is 0 Å². The van der Waals surface area contributed by atoms with Crippen molar-refractivity contribution in [2.45, 2.75) is 39.3 Å². The number of halogens is 1. The van der Waals surface area contributed by atoms with Gasteiger partial charge >= 0.3 is 6.01 Å². The number of anilines is 1. The molecule has 6 nitrogen and oxygen atoms in total. The number of nitrogens with zero attached hydrogens (tertiary/aromatic N) is 4. The highest BCUT2D eigenvalue weighted by molar-refractivity contribution is 6.28. The van der Waals surface area contributed by atoms with E-state index in [-0.39, 0.29) is 17.4 Å². The fourth-order valence-corrected chi connectivity index (χ4v) is 2.55. The number of likely N-dealkylation sites (tertiary alicyclic amines) is 1. The molecule has 0 saturated carbocycles. The highest BCUT2D eigenvalue weighted by Gasteiger charge is 2.25. The van der Waals surface area contributed by atoms with Gasteiger partial charge in [0.2, 0.25) is 11.2 Å². The summed E-state index contributed by atoms with van der Waals surface area (Å²) in [7, 11) is 2.14. The number of aromatic nitrogens is 3. The van der Waals surface area contributed by atoms with Gasteiger partial charge in [-0.1, -0.05) is 6.92 Å². The lowest BCUT2D eigenvalue weighted by molar-refractivity contribution is 0.205. The minimum Gasteiger partial charge on any atom is -0.461 e. The Morgan fingerprint density at radius 3 is 2.75 bits per heavy atom. The third kappa shape index (κ3) is 4.18. The average Bonchev–Trinajstić information content (AvgIpc) is 2.31. The molecule has 1 N–H and O–H groups in total. The summed E-state index contributed by atoms with van der Waals surface area (Å²) in [5, 5.41) is 3.50. The predicted octanol–water partition coefficient (Wildman–Crippen LogP) is 2.06. The molecule has 1 saturated heterocycles. The number of rotatable bonds is 4. The maximum absolute atomic E-state index is 5.92. The largest absolute Gasteiger partial charge is 0.461 e. The van der Waals surface area contributed by atoms with Crippen LogP contribution < -0.4 is 10.1 Å². The van der Waals surface area contributed by atoms with Crippen molar-refractivity contribution in [2.24, 2.45) is 5.92 Å². The molecule has 112 valence electrons. The van der Waals surface area contributed by atoms with Crippen LogP contribution >= 0.6 is 11.6 Å². The van der Waals surface area contributed by atoms with Gasteiger partial charge in [-0.15, -0.1) is 0 Å². The Labute approximate surface area is 124 Å². The molecule has 1 aromatic rings.